The molecule has 2 saturated heterocycles. The van der Waals surface area contributed by atoms with Crippen LogP contribution in [0.1, 0.15) is 28.9 Å². The smallest absolute Gasteiger partial charge is 0.261 e. The minimum atomic E-state index is -0.840. The number of rotatable bonds is 2. The third-order valence-electron chi connectivity index (χ3n) is 6.74. The van der Waals surface area contributed by atoms with E-state index in [-0.39, 0.29) is 11.8 Å². The quantitative estimate of drug-likeness (QED) is 0.571. The van der Waals surface area contributed by atoms with Crippen LogP contribution in [0.2, 0.25) is 0 Å². The van der Waals surface area contributed by atoms with Gasteiger partial charge in [-0.25, -0.2) is 0 Å². The van der Waals surface area contributed by atoms with Crippen LogP contribution in [0.4, 0.5) is 11.4 Å². The summed E-state index contributed by atoms with van der Waals surface area (Å²) >= 11 is 0. The number of nitriles is 1. The number of nitrogens with zero attached hydrogens (tertiary/aromatic N) is 4. The summed E-state index contributed by atoms with van der Waals surface area (Å²) in [6.07, 6.45) is -1.25. The molecule has 0 radical (unpaired) electrons. The highest BCUT2D eigenvalue weighted by Gasteiger charge is 2.62. The number of hydrogen-bond acceptors (Lipinski definition) is 6. The summed E-state index contributed by atoms with van der Waals surface area (Å²) in [6, 6.07) is 27.0. The maximum atomic E-state index is 13.1. The molecule has 0 unspecified atom stereocenters. The Hall–Kier alpha value is -3.99. The Morgan fingerprint density at radius 2 is 1.58 bits per heavy atom. The first-order valence-corrected chi connectivity index (χ1v) is 10.8. The van der Waals surface area contributed by atoms with Crippen molar-refractivity contribution in [3.63, 3.8) is 0 Å². The molecule has 0 aromatic heterocycles. The number of carbonyl (C=O) groups is 2. The molecule has 6 rings (SSSR count). The van der Waals surface area contributed by atoms with E-state index in [2.05, 4.69) is 11.0 Å². The molecule has 3 aliphatic heterocycles. The molecule has 3 aliphatic rings. The van der Waals surface area contributed by atoms with Crippen molar-refractivity contribution in [1.29, 1.82) is 5.26 Å². The van der Waals surface area contributed by atoms with E-state index in [0.717, 1.165) is 22.5 Å². The number of fused-ring (bicyclic) bond motifs is 5. The van der Waals surface area contributed by atoms with Crippen molar-refractivity contribution in [2.24, 2.45) is 5.92 Å². The first kappa shape index (κ1) is 19.7. The molecule has 2 amide bonds. The Morgan fingerprint density at radius 1 is 0.879 bits per heavy atom. The molecule has 0 spiro atoms. The molecular formula is C26H20N4O3. The molecule has 0 aliphatic carbocycles. The van der Waals surface area contributed by atoms with Gasteiger partial charge in [-0.05, 0) is 41.5 Å². The van der Waals surface area contributed by atoms with Gasteiger partial charge in [0, 0.05) is 18.4 Å². The highest BCUT2D eigenvalue weighted by atomic mass is 16.7. The van der Waals surface area contributed by atoms with E-state index in [0.29, 0.717) is 5.56 Å². The van der Waals surface area contributed by atoms with Gasteiger partial charge in [0.15, 0.2) is 6.10 Å². The molecule has 3 aromatic rings. The third kappa shape index (κ3) is 2.75. The Labute approximate surface area is 191 Å². The normalized spacial score (nSPS) is 26.1. The fourth-order valence-corrected chi connectivity index (χ4v) is 5.21. The molecule has 7 heteroatoms. The van der Waals surface area contributed by atoms with Gasteiger partial charge in [-0.1, -0.05) is 48.5 Å². The van der Waals surface area contributed by atoms with E-state index in [4.69, 9.17) is 4.84 Å². The van der Waals surface area contributed by atoms with Crippen LogP contribution in [0, 0.1) is 17.2 Å². The molecule has 33 heavy (non-hydrogen) atoms. The maximum Gasteiger partial charge on any atom is 0.261 e. The van der Waals surface area contributed by atoms with Crippen molar-refractivity contribution in [3.05, 3.63) is 95.6 Å². The molecule has 0 N–H and O–H groups in total. The van der Waals surface area contributed by atoms with Crippen LogP contribution in [0.25, 0.3) is 0 Å². The van der Waals surface area contributed by atoms with E-state index in [1.165, 1.54) is 11.9 Å². The van der Waals surface area contributed by atoms with E-state index in [1.807, 2.05) is 71.8 Å². The fourth-order valence-electron chi connectivity index (χ4n) is 5.21. The number of imide groups is 1. The number of hydroxylamine groups is 2. The lowest BCUT2D eigenvalue weighted by atomic mass is 9.86. The monoisotopic (exact) mass is 436 g/mol. The Balaban J connectivity index is 1.58. The Morgan fingerprint density at radius 3 is 2.30 bits per heavy atom. The summed E-state index contributed by atoms with van der Waals surface area (Å²) in [5.74, 6) is -1.13. The number of hydrogen-bond donors (Lipinski definition) is 0. The zero-order valence-electron chi connectivity index (χ0n) is 17.8. The highest BCUT2D eigenvalue weighted by molar-refractivity contribution is 6.07. The molecule has 162 valence electrons. The molecule has 4 atom stereocenters. The van der Waals surface area contributed by atoms with E-state index < -0.39 is 24.2 Å². The van der Waals surface area contributed by atoms with Crippen LogP contribution in [-0.2, 0) is 14.4 Å². The molecule has 2 fully saturated rings. The number of anilines is 2. The first-order chi connectivity index (χ1) is 16.1. The lowest BCUT2D eigenvalue weighted by Crippen LogP contribution is -2.45. The van der Waals surface area contributed by atoms with Crippen molar-refractivity contribution >= 4 is 23.2 Å². The lowest BCUT2D eigenvalue weighted by Gasteiger charge is -2.47. The number of likely N-dealkylation sites (N-methyl/N-ethyl adjacent to an activating group) is 1. The van der Waals surface area contributed by atoms with Gasteiger partial charge in [-0.15, -0.1) is 0 Å². The highest BCUT2D eigenvalue weighted by Crippen LogP contribution is 2.56. The summed E-state index contributed by atoms with van der Waals surface area (Å²) in [5, 5.41) is 11.1. The second-order valence-corrected chi connectivity index (χ2v) is 8.46. The zero-order valence-corrected chi connectivity index (χ0v) is 17.8. The molecule has 3 heterocycles. The number of carbonyl (C=O) groups excluding carboxylic acids is 2. The van der Waals surface area contributed by atoms with Gasteiger partial charge in [0.1, 0.15) is 6.17 Å². The van der Waals surface area contributed by atoms with E-state index in [1.54, 1.807) is 12.1 Å². The fraction of sp³-hybridized carbons (Fsp3) is 0.192. The molecule has 0 bridgehead atoms. The van der Waals surface area contributed by atoms with Crippen LogP contribution < -0.4 is 4.90 Å². The van der Waals surface area contributed by atoms with Crippen LogP contribution in [0.5, 0.6) is 0 Å². The van der Waals surface area contributed by atoms with Crippen molar-refractivity contribution in [3.8, 4) is 6.07 Å². The SMILES string of the molecule is CN1C(=O)[C@H]2[C@H](ON3[C@H](c4ccccc4)N(c4ccc(C#N)cc4)c4ccccc4[C@@H]23)C1=O. The number of benzene rings is 3. The Kier molecular flexibility index (Phi) is 4.34. The number of amides is 2. The van der Waals surface area contributed by atoms with Gasteiger partial charge in [-0.3, -0.25) is 19.3 Å². The predicted octanol–water partition coefficient (Wildman–Crippen LogP) is 3.68. The summed E-state index contributed by atoms with van der Waals surface area (Å²) in [7, 11) is 1.52. The van der Waals surface area contributed by atoms with Crippen LogP contribution in [0.3, 0.4) is 0 Å². The first-order valence-electron chi connectivity index (χ1n) is 10.8. The average molecular weight is 436 g/mol. The zero-order chi connectivity index (χ0) is 22.7. The van der Waals surface area contributed by atoms with Gasteiger partial charge in [0.05, 0.1) is 23.6 Å². The minimum absolute atomic E-state index is 0.217. The van der Waals surface area contributed by atoms with Gasteiger partial charge in [-0.2, -0.15) is 10.3 Å². The molecule has 7 nitrogen and oxygen atoms in total. The van der Waals surface area contributed by atoms with Crippen molar-refractivity contribution in [2.75, 3.05) is 11.9 Å². The van der Waals surface area contributed by atoms with E-state index >= 15 is 0 Å². The second-order valence-electron chi connectivity index (χ2n) is 8.46. The topological polar surface area (TPSA) is 76.9 Å². The van der Waals surface area contributed by atoms with Crippen molar-refractivity contribution < 1.29 is 14.4 Å². The summed E-state index contributed by atoms with van der Waals surface area (Å²) in [5.41, 5.74) is 4.29. The largest absolute Gasteiger partial charge is 0.319 e. The van der Waals surface area contributed by atoms with Crippen molar-refractivity contribution in [1.82, 2.24) is 9.96 Å². The third-order valence-corrected chi connectivity index (χ3v) is 6.74. The summed E-state index contributed by atoms with van der Waals surface area (Å²) in [6.45, 7) is 0. The van der Waals surface area contributed by atoms with Crippen LogP contribution in [0.15, 0.2) is 78.9 Å². The van der Waals surface area contributed by atoms with Gasteiger partial charge in [0.2, 0.25) is 5.91 Å². The van der Waals surface area contributed by atoms with Gasteiger partial charge in [0.25, 0.3) is 5.91 Å². The lowest BCUT2D eigenvalue weighted by molar-refractivity contribution is -0.200. The van der Waals surface area contributed by atoms with E-state index in [9.17, 15) is 14.9 Å². The van der Waals surface area contributed by atoms with Gasteiger partial charge < -0.3 is 4.90 Å². The second kappa shape index (κ2) is 7.27. The van der Waals surface area contributed by atoms with Gasteiger partial charge >= 0.3 is 0 Å². The van der Waals surface area contributed by atoms with Crippen LogP contribution >= 0.6 is 0 Å². The number of likely N-dealkylation sites (tertiary alicyclic amines) is 1. The minimum Gasteiger partial charge on any atom is -0.319 e. The molecular weight excluding hydrogens is 416 g/mol. The standard InChI is InChI=1S/C26H20N4O3/c1-28-25(31)21-22-19-9-5-6-10-20(19)29(18-13-11-16(15-27)12-14-18)24(17-7-3-2-4-8-17)30(22)33-23(21)26(28)32/h2-14,21-24H,1H3/t21-,22+,23+,24-/m1/s1. The number of para-hydroxylation sites is 1. The molecule has 0 saturated carbocycles. The Bertz CT molecular complexity index is 1300. The summed E-state index contributed by atoms with van der Waals surface area (Å²) < 4.78 is 0. The maximum absolute atomic E-state index is 13.1. The summed E-state index contributed by atoms with van der Waals surface area (Å²) in [4.78, 5) is 35.5. The van der Waals surface area contributed by atoms with Crippen molar-refractivity contribution in [2.45, 2.75) is 18.3 Å². The predicted molar refractivity (Wildman–Crippen MR) is 120 cm³/mol. The van der Waals surface area contributed by atoms with Crippen LogP contribution in [-0.4, -0.2) is 34.9 Å². The average Bonchev–Trinajstić information content (AvgIpc) is 3.36. The molecule has 3 aromatic carbocycles.